The van der Waals surface area contributed by atoms with Gasteiger partial charge in [0.2, 0.25) is 0 Å². The second kappa shape index (κ2) is 4.70. The van der Waals surface area contributed by atoms with Gasteiger partial charge in [0.1, 0.15) is 5.75 Å². The topological polar surface area (TPSA) is 20.2 Å². The molecule has 2 aromatic carbocycles. The molecule has 80 valence electrons. The fourth-order valence-corrected chi connectivity index (χ4v) is 2.04. The van der Waals surface area contributed by atoms with Crippen LogP contribution in [0.15, 0.2) is 55.1 Å². The lowest BCUT2D eigenvalue weighted by atomic mass is 9.99. The standard InChI is InChI=1S/C14H11IO/c1-10(11-5-3-2-4-6-11)13-9-12(15)7-8-14(13)16/h2-9,16H,1H2. The minimum atomic E-state index is 0.272. The predicted octanol–water partition coefficient (Wildman–Crippen LogP) is 4.06. The average molecular weight is 322 g/mol. The SMILES string of the molecule is C=C(c1ccccc1)c1cc(I)ccc1O. The van der Waals surface area contributed by atoms with Crippen molar-refractivity contribution in [2.24, 2.45) is 0 Å². The summed E-state index contributed by atoms with van der Waals surface area (Å²) in [5, 5.41) is 9.80. The smallest absolute Gasteiger partial charge is 0.123 e. The molecule has 0 unspecified atom stereocenters. The van der Waals surface area contributed by atoms with E-state index >= 15 is 0 Å². The van der Waals surface area contributed by atoms with E-state index in [1.807, 2.05) is 42.5 Å². The second-order valence-corrected chi connectivity index (χ2v) is 4.75. The summed E-state index contributed by atoms with van der Waals surface area (Å²) in [5.74, 6) is 0.272. The van der Waals surface area contributed by atoms with Gasteiger partial charge in [0.15, 0.2) is 0 Å². The Labute approximate surface area is 109 Å². The van der Waals surface area contributed by atoms with Crippen molar-refractivity contribution < 1.29 is 5.11 Å². The molecule has 0 saturated heterocycles. The number of phenolic OH excluding ortho intramolecular Hbond substituents is 1. The van der Waals surface area contributed by atoms with E-state index in [1.165, 1.54) is 0 Å². The van der Waals surface area contributed by atoms with Crippen LogP contribution in [0.1, 0.15) is 11.1 Å². The molecule has 0 aliphatic carbocycles. The zero-order valence-corrected chi connectivity index (χ0v) is 10.8. The average Bonchev–Trinajstić information content (AvgIpc) is 2.32. The summed E-state index contributed by atoms with van der Waals surface area (Å²) in [7, 11) is 0. The first-order valence-corrected chi connectivity index (χ1v) is 5.99. The highest BCUT2D eigenvalue weighted by atomic mass is 127. The van der Waals surface area contributed by atoms with Crippen LogP contribution in [0.2, 0.25) is 0 Å². The van der Waals surface area contributed by atoms with Crippen molar-refractivity contribution in [3.63, 3.8) is 0 Å². The van der Waals surface area contributed by atoms with Gasteiger partial charge in [-0.05, 0) is 51.9 Å². The molecule has 0 fully saturated rings. The zero-order chi connectivity index (χ0) is 11.5. The van der Waals surface area contributed by atoms with Crippen LogP contribution in [0.3, 0.4) is 0 Å². The molecule has 0 spiro atoms. The third kappa shape index (κ3) is 2.27. The Morgan fingerprint density at radius 1 is 1.06 bits per heavy atom. The van der Waals surface area contributed by atoms with Gasteiger partial charge in [-0.3, -0.25) is 0 Å². The third-order valence-corrected chi connectivity index (χ3v) is 3.08. The molecule has 2 heteroatoms. The van der Waals surface area contributed by atoms with Crippen molar-refractivity contribution in [2.45, 2.75) is 0 Å². The maximum atomic E-state index is 9.80. The number of rotatable bonds is 2. The Morgan fingerprint density at radius 2 is 1.75 bits per heavy atom. The van der Waals surface area contributed by atoms with Gasteiger partial charge in [0.05, 0.1) is 0 Å². The normalized spacial score (nSPS) is 10.1. The number of phenols is 1. The summed E-state index contributed by atoms with van der Waals surface area (Å²) in [4.78, 5) is 0. The van der Waals surface area contributed by atoms with Crippen LogP contribution in [-0.2, 0) is 0 Å². The van der Waals surface area contributed by atoms with Crippen LogP contribution < -0.4 is 0 Å². The molecule has 0 aromatic heterocycles. The molecule has 0 saturated carbocycles. The van der Waals surface area contributed by atoms with E-state index in [1.54, 1.807) is 6.07 Å². The van der Waals surface area contributed by atoms with E-state index in [9.17, 15) is 5.11 Å². The van der Waals surface area contributed by atoms with Crippen molar-refractivity contribution in [3.05, 3.63) is 69.8 Å². The highest BCUT2D eigenvalue weighted by Gasteiger charge is 2.07. The van der Waals surface area contributed by atoms with Crippen LogP contribution in [-0.4, -0.2) is 5.11 Å². The molecule has 1 N–H and O–H groups in total. The first kappa shape index (κ1) is 11.2. The molecule has 0 atom stereocenters. The zero-order valence-electron chi connectivity index (χ0n) is 8.65. The number of aromatic hydroxyl groups is 1. The number of halogens is 1. The Hall–Kier alpha value is -1.29. The van der Waals surface area contributed by atoms with E-state index in [0.29, 0.717) is 0 Å². The van der Waals surface area contributed by atoms with Gasteiger partial charge in [-0.15, -0.1) is 0 Å². The van der Waals surface area contributed by atoms with E-state index < -0.39 is 0 Å². The molecular weight excluding hydrogens is 311 g/mol. The molecular formula is C14H11IO. The van der Waals surface area contributed by atoms with E-state index in [0.717, 1.165) is 20.3 Å². The highest BCUT2D eigenvalue weighted by Crippen LogP contribution is 2.30. The molecule has 0 aliphatic heterocycles. The number of hydrogen-bond acceptors (Lipinski definition) is 1. The van der Waals surface area contributed by atoms with Crippen molar-refractivity contribution in [1.29, 1.82) is 0 Å². The first-order chi connectivity index (χ1) is 7.68. The van der Waals surface area contributed by atoms with Gasteiger partial charge >= 0.3 is 0 Å². The number of hydrogen-bond donors (Lipinski definition) is 1. The van der Waals surface area contributed by atoms with Crippen LogP contribution in [0.25, 0.3) is 5.57 Å². The maximum absolute atomic E-state index is 9.80. The molecule has 2 aromatic rings. The molecule has 0 radical (unpaired) electrons. The van der Waals surface area contributed by atoms with E-state index in [-0.39, 0.29) is 5.75 Å². The van der Waals surface area contributed by atoms with E-state index in [2.05, 4.69) is 29.2 Å². The van der Waals surface area contributed by atoms with E-state index in [4.69, 9.17) is 0 Å². The summed E-state index contributed by atoms with van der Waals surface area (Å²) in [6.07, 6.45) is 0. The van der Waals surface area contributed by atoms with Gasteiger partial charge in [-0.2, -0.15) is 0 Å². The van der Waals surface area contributed by atoms with Crippen LogP contribution in [0, 0.1) is 3.57 Å². The summed E-state index contributed by atoms with van der Waals surface area (Å²) in [6, 6.07) is 15.4. The van der Waals surface area contributed by atoms with Crippen LogP contribution in [0.4, 0.5) is 0 Å². The minimum absolute atomic E-state index is 0.272. The summed E-state index contributed by atoms with van der Waals surface area (Å²) < 4.78 is 1.09. The Balaban J connectivity index is 2.46. The Bertz CT molecular complexity index is 518. The molecule has 2 rings (SSSR count). The van der Waals surface area contributed by atoms with Crippen molar-refractivity contribution in [3.8, 4) is 5.75 Å². The lowest BCUT2D eigenvalue weighted by Gasteiger charge is -2.08. The van der Waals surface area contributed by atoms with Crippen molar-refractivity contribution >= 4 is 28.2 Å². The maximum Gasteiger partial charge on any atom is 0.123 e. The molecule has 0 bridgehead atoms. The Morgan fingerprint density at radius 3 is 2.44 bits per heavy atom. The molecule has 0 amide bonds. The predicted molar refractivity (Wildman–Crippen MR) is 75.4 cm³/mol. The van der Waals surface area contributed by atoms with Crippen molar-refractivity contribution in [1.82, 2.24) is 0 Å². The lowest BCUT2D eigenvalue weighted by molar-refractivity contribution is 0.473. The lowest BCUT2D eigenvalue weighted by Crippen LogP contribution is -1.87. The highest BCUT2D eigenvalue weighted by molar-refractivity contribution is 14.1. The molecule has 16 heavy (non-hydrogen) atoms. The minimum Gasteiger partial charge on any atom is -0.507 e. The fraction of sp³-hybridized carbons (Fsp3) is 0. The van der Waals surface area contributed by atoms with Gasteiger partial charge in [-0.25, -0.2) is 0 Å². The van der Waals surface area contributed by atoms with Gasteiger partial charge in [0, 0.05) is 9.13 Å². The summed E-state index contributed by atoms with van der Waals surface area (Å²) in [5.41, 5.74) is 2.66. The van der Waals surface area contributed by atoms with Crippen LogP contribution in [0.5, 0.6) is 5.75 Å². The third-order valence-electron chi connectivity index (χ3n) is 2.41. The Kier molecular flexibility index (Phi) is 3.29. The monoisotopic (exact) mass is 322 g/mol. The van der Waals surface area contributed by atoms with Gasteiger partial charge < -0.3 is 5.11 Å². The van der Waals surface area contributed by atoms with Crippen molar-refractivity contribution in [2.75, 3.05) is 0 Å². The first-order valence-electron chi connectivity index (χ1n) is 4.91. The van der Waals surface area contributed by atoms with Gasteiger partial charge in [-0.1, -0.05) is 36.9 Å². The summed E-state index contributed by atoms with van der Waals surface area (Å²) in [6.45, 7) is 4.03. The molecule has 1 nitrogen and oxygen atoms in total. The largest absolute Gasteiger partial charge is 0.507 e. The number of benzene rings is 2. The second-order valence-electron chi connectivity index (χ2n) is 3.51. The van der Waals surface area contributed by atoms with Crippen LogP contribution >= 0.6 is 22.6 Å². The fourth-order valence-electron chi connectivity index (χ4n) is 1.54. The molecule has 0 heterocycles. The summed E-state index contributed by atoms with van der Waals surface area (Å²) >= 11 is 2.22. The molecule has 0 aliphatic rings. The quantitative estimate of drug-likeness (QED) is 0.827. The van der Waals surface area contributed by atoms with Gasteiger partial charge in [0.25, 0.3) is 0 Å².